The van der Waals surface area contributed by atoms with Crippen molar-refractivity contribution in [1.29, 1.82) is 0 Å². The van der Waals surface area contributed by atoms with E-state index in [1.54, 1.807) is 12.1 Å². The summed E-state index contributed by atoms with van der Waals surface area (Å²) in [4.78, 5) is 11.8. The number of aromatic nitrogens is 1. The van der Waals surface area contributed by atoms with Crippen molar-refractivity contribution in [3.8, 4) is 28.1 Å². The quantitative estimate of drug-likeness (QED) is 0.260. The molecule has 1 aromatic heterocycles. The number of ether oxygens (including phenoxy) is 1. The standard InChI is InChI=1S/C30H24F3NO4/c31-30(32,33)24-10-3-1-9-22(24)26-23(27(38-34-26)18-12-13-18)17-37-25-11-4-2-8-21(25)19-6-5-7-20(16-19)29(14-15-29)28(35)36/h1-11,16,18H,12-15,17H2,(H,35,36). The van der Waals surface area contributed by atoms with Gasteiger partial charge in [-0.2, -0.15) is 13.2 Å². The first-order valence-electron chi connectivity index (χ1n) is 12.5. The molecule has 8 heteroatoms. The highest BCUT2D eigenvalue weighted by Crippen LogP contribution is 2.50. The first-order valence-corrected chi connectivity index (χ1v) is 12.5. The Morgan fingerprint density at radius 1 is 1.00 bits per heavy atom. The van der Waals surface area contributed by atoms with Crippen LogP contribution in [0.25, 0.3) is 22.4 Å². The van der Waals surface area contributed by atoms with Gasteiger partial charge in [-0.05, 0) is 55.0 Å². The highest BCUT2D eigenvalue weighted by atomic mass is 19.4. The Kier molecular flexibility index (Phi) is 5.78. The van der Waals surface area contributed by atoms with Crippen molar-refractivity contribution in [2.24, 2.45) is 0 Å². The third kappa shape index (κ3) is 4.34. The normalized spacial score (nSPS) is 16.3. The number of nitrogens with zero attached hydrogens (tertiary/aromatic N) is 1. The SMILES string of the molecule is O=C(O)C1(c2cccc(-c3ccccc3OCc3c(-c4ccccc4C(F)(F)F)noc3C3CC3)c2)CC1. The van der Waals surface area contributed by atoms with Crippen molar-refractivity contribution >= 4 is 5.97 Å². The smallest absolute Gasteiger partial charge is 0.417 e. The van der Waals surface area contributed by atoms with Crippen LogP contribution in [0.5, 0.6) is 5.75 Å². The summed E-state index contributed by atoms with van der Waals surface area (Å²) in [6.07, 6.45) is -1.57. The van der Waals surface area contributed by atoms with Crippen LogP contribution in [0, 0.1) is 0 Å². The average Bonchev–Trinajstić information content (AvgIpc) is 3.85. The monoisotopic (exact) mass is 519 g/mol. The number of carboxylic acid groups (broad SMARTS) is 1. The van der Waals surface area contributed by atoms with Gasteiger partial charge >= 0.3 is 12.1 Å². The summed E-state index contributed by atoms with van der Waals surface area (Å²) in [5, 5.41) is 13.8. The van der Waals surface area contributed by atoms with Gasteiger partial charge in [0.15, 0.2) is 0 Å². The molecule has 0 atom stereocenters. The van der Waals surface area contributed by atoms with Gasteiger partial charge in [-0.1, -0.05) is 59.8 Å². The molecule has 0 aliphatic heterocycles. The molecule has 5 nitrogen and oxygen atoms in total. The van der Waals surface area contributed by atoms with Crippen molar-refractivity contribution in [2.45, 2.75) is 49.8 Å². The third-order valence-electron chi connectivity index (χ3n) is 7.40. The lowest BCUT2D eigenvalue weighted by Crippen LogP contribution is -2.19. The molecule has 0 saturated heterocycles. The molecular weight excluding hydrogens is 495 g/mol. The molecule has 1 N–H and O–H groups in total. The van der Waals surface area contributed by atoms with E-state index in [2.05, 4.69) is 5.16 Å². The number of rotatable bonds is 8. The maximum atomic E-state index is 13.8. The predicted molar refractivity (Wildman–Crippen MR) is 134 cm³/mol. The van der Waals surface area contributed by atoms with Crippen molar-refractivity contribution < 1.29 is 32.3 Å². The molecule has 0 bridgehead atoms. The average molecular weight is 520 g/mol. The molecule has 2 fully saturated rings. The number of hydrogen-bond acceptors (Lipinski definition) is 4. The number of alkyl halides is 3. The van der Waals surface area contributed by atoms with Crippen LogP contribution in [-0.2, 0) is 23.0 Å². The number of para-hydroxylation sites is 1. The van der Waals surface area contributed by atoms with Crippen LogP contribution in [0.2, 0.25) is 0 Å². The number of halogens is 3. The third-order valence-corrected chi connectivity index (χ3v) is 7.40. The van der Waals surface area contributed by atoms with E-state index < -0.39 is 23.1 Å². The molecule has 0 unspecified atom stereocenters. The summed E-state index contributed by atoms with van der Waals surface area (Å²) in [5.74, 6) is 0.382. The zero-order valence-electron chi connectivity index (χ0n) is 20.3. The molecule has 0 radical (unpaired) electrons. The topological polar surface area (TPSA) is 72.6 Å². The predicted octanol–water partition coefficient (Wildman–Crippen LogP) is 7.60. The lowest BCUT2D eigenvalue weighted by atomic mass is 9.92. The molecule has 1 heterocycles. The molecule has 6 rings (SSSR count). The number of carboxylic acids is 1. The van der Waals surface area contributed by atoms with Gasteiger partial charge in [0.25, 0.3) is 0 Å². The Morgan fingerprint density at radius 2 is 1.71 bits per heavy atom. The van der Waals surface area contributed by atoms with Crippen LogP contribution in [0.1, 0.15) is 54.1 Å². The van der Waals surface area contributed by atoms with Gasteiger partial charge in [0.2, 0.25) is 0 Å². The summed E-state index contributed by atoms with van der Waals surface area (Å²) < 4.78 is 53.1. The minimum Gasteiger partial charge on any atom is -0.488 e. The maximum Gasteiger partial charge on any atom is 0.417 e. The van der Waals surface area contributed by atoms with Gasteiger partial charge in [-0.3, -0.25) is 4.79 Å². The summed E-state index contributed by atoms with van der Waals surface area (Å²) >= 11 is 0. The molecule has 2 saturated carbocycles. The largest absolute Gasteiger partial charge is 0.488 e. The Bertz CT molecular complexity index is 1520. The van der Waals surface area contributed by atoms with Crippen molar-refractivity contribution in [3.63, 3.8) is 0 Å². The van der Waals surface area contributed by atoms with E-state index in [4.69, 9.17) is 9.26 Å². The number of hydrogen-bond donors (Lipinski definition) is 1. The van der Waals surface area contributed by atoms with Crippen molar-refractivity contribution in [3.05, 3.63) is 95.2 Å². The Balaban J connectivity index is 1.35. The molecule has 2 aliphatic rings. The van der Waals surface area contributed by atoms with E-state index in [0.29, 0.717) is 29.9 Å². The molecule has 2 aliphatic carbocycles. The second kappa shape index (κ2) is 9.04. The second-order valence-electron chi connectivity index (χ2n) is 9.94. The molecule has 194 valence electrons. The summed E-state index contributed by atoms with van der Waals surface area (Å²) in [7, 11) is 0. The van der Waals surface area contributed by atoms with E-state index in [9.17, 15) is 23.1 Å². The van der Waals surface area contributed by atoms with Gasteiger partial charge in [0.05, 0.1) is 16.5 Å². The van der Waals surface area contributed by atoms with Crippen LogP contribution >= 0.6 is 0 Å². The minimum atomic E-state index is -4.54. The van der Waals surface area contributed by atoms with E-state index in [1.165, 1.54) is 12.1 Å². The van der Waals surface area contributed by atoms with E-state index in [1.807, 2.05) is 42.5 Å². The molecule has 38 heavy (non-hydrogen) atoms. The van der Waals surface area contributed by atoms with Crippen LogP contribution < -0.4 is 4.74 Å². The lowest BCUT2D eigenvalue weighted by molar-refractivity contribution is -0.140. The van der Waals surface area contributed by atoms with Crippen molar-refractivity contribution in [2.75, 3.05) is 0 Å². The van der Waals surface area contributed by atoms with Crippen LogP contribution in [-0.4, -0.2) is 16.2 Å². The van der Waals surface area contributed by atoms with Crippen LogP contribution in [0.4, 0.5) is 13.2 Å². The summed E-state index contributed by atoms with van der Waals surface area (Å²) in [6.45, 7) is -0.0212. The van der Waals surface area contributed by atoms with E-state index in [0.717, 1.165) is 35.6 Å². The fourth-order valence-corrected chi connectivity index (χ4v) is 4.99. The maximum absolute atomic E-state index is 13.8. The zero-order valence-corrected chi connectivity index (χ0v) is 20.3. The van der Waals surface area contributed by atoms with Gasteiger partial charge in [0.1, 0.15) is 23.8 Å². The Morgan fingerprint density at radius 3 is 2.39 bits per heavy atom. The zero-order chi connectivity index (χ0) is 26.5. The van der Waals surface area contributed by atoms with E-state index >= 15 is 0 Å². The van der Waals surface area contributed by atoms with Gasteiger partial charge < -0.3 is 14.4 Å². The summed E-state index contributed by atoms with van der Waals surface area (Å²) in [6, 6.07) is 20.1. The highest BCUT2D eigenvalue weighted by Gasteiger charge is 2.51. The highest BCUT2D eigenvalue weighted by molar-refractivity contribution is 5.86. The van der Waals surface area contributed by atoms with Crippen molar-refractivity contribution in [1.82, 2.24) is 5.16 Å². The first kappa shape index (κ1) is 24.3. The second-order valence-corrected chi connectivity index (χ2v) is 9.94. The van der Waals surface area contributed by atoms with Crippen LogP contribution in [0.15, 0.2) is 77.3 Å². The first-order chi connectivity index (χ1) is 18.3. The fraction of sp³-hybridized carbons (Fsp3) is 0.267. The molecular formula is C30H24F3NO4. The minimum absolute atomic E-state index is 0.0212. The summed E-state index contributed by atoms with van der Waals surface area (Å²) in [5.41, 5.74) is 1.30. The number of carbonyl (C=O) groups is 1. The molecule has 3 aromatic carbocycles. The van der Waals surface area contributed by atoms with Gasteiger partial charge in [0, 0.05) is 17.0 Å². The van der Waals surface area contributed by atoms with Gasteiger partial charge in [-0.25, -0.2) is 0 Å². The Hall–Kier alpha value is -4.07. The molecule has 0 spiro atoms. The fourth-order valence-electron chi connectivity index (χ4n) is 4.99. The lowest BCUT2D eigenvalue weighted by Gasteiger charge is -2.16. The Labute approximate surface area is 216 Å². The number of aliphatic carboxylic acids is 1. The van der Waals surface area contributed by atoms with Gasteiger partial charge in [-0.15, -0.1) is 0 Å². The van der Waals surface area contributed by atoms with Crippen LogP contribution in [0.3, 0.4) is 0 Å². The number of benzene rings is 3. The van der Waals surface area contributed by atoms with E-state index in [-0.39, 0.29) is 23.8 Å². The molecule has 4 aromatic rings. The molecule has 0 amide bonds.